The quantitative estimate of drug-likeness (QED) is 0.897. The minimum Gasteiger partial charge on any atom is -0.480 e. The SMILES string of the molecule is Cc1c(CN(C)CC(=O)O)n(C)c2ccccc12. The monoisotopic (exact) mass is 246 g/mol. The molecule has 4 heteroatoms. The zero-order valence-corrected chi connectivity index (χ0v) is 11.0. The molecule has 2 rings (SSSR count). The van der Waals surface area contributed by atoms with Crippen molar-refractivity contribution >= 4 is 16.9 Å². The molecule has 0 unspecified atom stereocenters. The number of para-hydroxylation sites is 1. The third kappa shape index (κ3) is 2.24. The Labute approximate surface area is 106 Å². The number of fused-ring (bicyclic) bond motifs is 1. The fraction of sp³-hybridized carbons (Fsp3) is 0.357. The summed E-state index contributed by atoms with van der Waals surface area (Å²) in [5.74, 6) is -0.797. The van der Waals surface area contributed by atoms with Gasteiger partial charge in [-0.1, -0.05) is 18.2 Å². The Bertz CT molecular complexity index is 548. The Kier molecular flexibility index (Phi) is 3.39. The maximum Gasteiger partial charge on any atom is 0.317 e. The Morgan fingerprint density at radius 3 is 2.67 bits per heavy atom. The van der Waals surface area contributed by atoms with Gasteiger partial charge in [-0.2, -0.15) is 0 Å². The molecule has 18 heavy (non-hydrogen) atoms. The van der Waals surface area contributed by atoms with E-state index in [-0.39, 0.29) is 6.54 Å². The molecule has 0 aliphatic heterocycles. The first-order valence-corrected chi connectivity index (χ1v) is 5.94. The van der Waals surface area contributed by atoms with Crippen LogP contribution in [-0.2, 0) is 18.4 Å². The van der Waals surface area contributed by atoms with Gasteiger partial charge in [0.15, 0.2) is 0 Å². The van der Waals surface area contributed by atoms with Crippen LogP contribution in [0.2, 0.25) is 0 Å². The summed E-state index contributed by atoms with van der Waals surface area (Å²) in [6.45, 7) is 2.79. The predicted molar refractivity (Wildman–Crippen MR) is 71.6 cm³/mol. The minimum absolute atomic E-state index is 0.0565. The summed E-state index contributed by atoms with van der Waals surface area (Å²) in [6, 6.07) is 8.24. The van der Waals surface area contributed by atoms with Gasteiger partial charge in [-0.25, -0.2) is 0 Å². The molecule has 0 aliphatic carbocycles. The highest BCUT2D eigenvalue weighted by atomic mass is 16.4. The van der Waals surface area contributed by atoms with Crippen molar-refractivity contribution in [1.82, 2.24) is 9.47 Å². The van der Waals surface area contributed by atoms with Gasteiger partial charge in [0.25, 0.3) is 0 Å². The van der Waals surface area contributed by atoms with Crippen LogP contribution in [0.4, 0.5) is 0 Å². The standard InChI is InChI=1S/C14H18N2O2/c1-10-11-6-4-5-7-12(11)16(3)13(10)8-15(2)9-14(17)18/h4-7H,8-9H2,1-3H3,(H,17,18). The summed E-state index contributed by atoms with van der Waals surface area (Å²) in [5.41, 5.74) is 3.58. The highest BCUT2D eigenvalue weighted by Crippen LogP contribution is 2.25. The number of likely N-dealkylation sites (N-methyl/N-ethyl adjacent to an activating group) is 1. The lowest BCUT2D eigenvalue weighted by atomic mass is 10.1. The van der Waals surface area contributed by atoms with Crippen LogP contribution in [-0.4, -0.2) is 34.1 Å². The smallest absolute Gasteiger partial charge is 0.317 e. The lowest BCUT2D eigenvalue weighted by Crippen LogP contribution is -2.26. The molecule has 0 spiro atoms. The first-order chi connectivity index (χ1) is 8.50. The van der Waals surface area contributed by atoms with E-state index in [0.29, 0.717) is 6.54 Å². The van der Waals surface area contributed by atoms with Gasteiger partial charge in [0.2, 0.25) is 0 Å². The van der Waals surface area contributed by atoms with E-state index in [1.807, 2.05) is 31.1 Å². The normalized spacial score (nSPS) is 11.3. The molecule has 1 N–H and O–H groups in total. The van der Waals surface area contributed by atoms with Crippen LogP contribution in [0.25, 0.3) is 10.9 Å². The molecule has 96 valence electrons. The maximum absolute atomic E-state index is 10.7. The molecule has 0 saturated carbocycles. The largest absolute Gasteiger partial charge is 0.480 e. The first kappa shape index (κ1) is 12.6. The summed E-state index contributed by atoms with van der Waals surface area (Å²) in [7, 11) is 3.85. The average Bonchev–Trinajstić information content (AvgIpc) is 2.54. The van der Waals surface area contributed by atoms with Crippen LogP contribution in [0.15, 0.2) is 24.3 Å². The van der Waals surface area contributed by atoms with Crippen molar-refractivity contribution in [3.63, 3.8) is 0 Å². The minimum atomic E-state index is -0.797. The number of aromatic nitrogens is 1. The van der Waals surface area contributed by atoms with Gasteiger partial charge in [-0.3, -0.25) is 9.69 Å². The van der Waals surface area contributed by atoms with Crippen molar-refractivity contribution in [1.29, 1.82) is 0 Å². The lowest BCUT2D eigenvalue weighted by molar-refractivity contribution is -0.138. The number of carboxylic acid groups (broad SMARTS) is 1. The average molecular weight is 246 g/mol. The second-order valence-electron chi connectivity index (χ2n) is 4.71. The fourth-order valence-electron chi connectivity index (χ4n) is 2.40. The molecule has 0 bridgehead atoms. The summed E-state index contributed by atoms with van der Waals surface area (Å²) >= 11 is 0. The second-order valence-corrected chi connectivity index (χ2v) is 4.71. The van der Waals surface area contributed by atoms with Crippen molar-refractivity contribution in [2.45, 2.75) is 13.5 Å². The predicted octanol–water partition coefficient (Wildman–Crippen LogP) is 2.00. The Morgan fingerprint density at radius 1 is 1.39 bits per heavy atom. The summed E-state index contributed by atoms with van der Waals surface area (Å²) in [4.78, 5) is 12.5. The van der Waals surface area contributed by atoms with Gasteiger partial charge in [-0.15, -0.1) is 0 Å². The molecule has 1 heterocycles. The van der Waals surface area contributed by atoms with Crippen molar-refractivity contribution in [3.05, 3.63) is 35.5 Å². The van der Waals surface area contributed by atoms with E-state index in [1.165, 1.54) is 22.2 Å². The van der Waals surface area contributed by atoms with E-state index in [4.69, 9.17) is 5.11 Å². The topological polar surface area (TPSA) is 45.5 Å². The first-order valence-electron chi connectivity index (χ1n) is 5.94. The molecule has 0 fully saturated rings. The van der Waals surface area contributed by atoms with Crippen LogP contribution in [0.5, 0.6) is 0 Å². The van der Waals surface area contributed by atoms with Gasteiger partial charge in [0.1, 0.15) is 0 Å². The molecular formula is C14H18N2O2. The molecule has 4 nitrogen and oxygen atoms in total. The van der Waals surface area contributed by atoms with Crippen LogP contribution >= 0.6 is 0 Å². The zero-order chi connectivity index (χ0) is 13.3. The third-order valence-corrected chi connectivity index (χ3v) is 3.33. The number of aliphatic carboxylic acids is 1. The van der Waals surface area contributed by atoms with E-state index in [0.717, 1.165) is 0 Å². The fourth-order valence-corrected chi connectivity index (χ4v) is 2.40. The van der Waals surface area contributed by atoms with Crippen molar-refractivity contribution in [2.24, 2.45) is 7.05 Å². The van der Waals surface area contributed by atoms with Crippen molar-refractivity contribution in [3.8, 4) is 0 Å². The number of carboxylic acids is 1. The molecule has 0 radical (unpaired) electrons. The number of hydrogen-bond acceptors (Lipinski definition) is 2. The molecule has 0 aliphatic rings. The molecule has 0 amide bonds. The van der Waals surface area contributed by atoms with Crippen LogP contribution in [0.3, 0.4) is 0 Å². The summed E-state index contributed by atoms with van der Waals surface area (Å²) in [5, 5.41) is 10.0. The highest BCUT2D eigenvalue weighted by molar-refractivity contribution is 5.85. The summed E-state index contributed by atoms with van der Waals surface area (Å²) in [6.07, 6.45) is 0. The second kappa shape index (κ2) is 4.82. The van der Waals surface area contributed by atoms with Crippen LogP contribution in [0.1, 0.15) is 11.3 Å². The number of nitrogens with zero attached hydrogens (tertiary/aromatic N) is 2. The number of rotatable bonds is 4. The van der Waals surface area contributed by atoms with Crippen LogP contribution in [0, 0.1) is 6.92 Å². The van der Waals surface area contributed by atoms with E-state index in [1.54, 1.807) is 0 Å². The van der Waals surface area contributed by atoms with E-state index in [9.17, 15) is 4.79 Å². The third-order valence-electron chi connectivity index (χ3n) is 3.33. The Balaban J connectivity index is 2.36. The molecule has 1 aromatic heterocycles. The van der Waals surface area contributed by atoms with Crippen LogP contribution < -0.4 is 0 Å². The van der Waals surface area contributed by atoms with E-state index < -0.39 is 5.97 Å². The van der Waals surface area contributed by atoms with Gasteiger partial charge in [0, 0.05) is 30.2 Å². The molecule has 2 aromatic rings. The van der Waals surface area contributed by atoms with Gasteiger partial charge in [-0.05, 0) is 25.6 Å². The van der Waals surface area contributed by atoms with Gasteiger partial charge in [0.05, 0.1) is 6.54 Å². The van der Waals surface area contributed by atoms with Crippen molar-refractivity contribution < 1.29 is 9.90 Å². The Hall–Kier alpha value is -1.81. The molecule has 1 aromatic carbocycles. The van der Waals surface area contributed by atoms with E-state index in [2.05, 4.69) is 23.6 Å². The molecule has 0 atom stereocenters. The number of hydrogen-bond donors (Lipinski definition) is 1. The summed E-state index contributed by atoms with van der Waals surface area (Å²) < 4.78 is 2.14. The number of benzene rings is 1. The molecular weight excluding hydrogens is 228 g/mol. The highest BCUT2D eigenvalue weighted by Gasteiger charge is 2.13. The van der Waals surface area contributed by atoms with Gasteiger partial charge < -0.3 is 9.67 Å². The lowest BCUT2D eigenvalue weighted by Gasteiger charge is -2.15. The van der Waals surface area contributed by atoms with E-state index >= 15 is 0 Å². The van der Waals surface area contributed by atoms with Gasteiger partial charge >= 0.3 is 5.97 Å². The number of carbonyl (C=O) groups is 1. The number of aryl methyl sites for hydroxylation is 2. The zero-order valence-electron chi connectivity index (χ0n) is 11.0. The molecule has 0 saturated heterocycles. The Morgan fingerprint density at radius 2 is 2.06 bits per heavy atom. The van der Waals surface area contributed by atoms with Crippen molar-refractivity contribution in [2.75, 3.05) is 13.6 Å². The maximum atomic E-state index is 10.7.